The van der Waals surface area contributed by atoms with Crippen molar-refractivity contribution in [2.75, 3.05) is 6.54 Å². The van der Waals surface area contributed by atoms with Gasteiger partial charge in [-0.2, -0.15) is 0 Å². The Kier molecular flexibility index (Phi) is 5.21. The Balaban J connectivity index is 2.19. The highest BCUT2D eigenvalue weighted by atomic mass is 35.5. The van der Waals surface area contributed by atoms with Gasteiger partial charge in [0.1, 0.15) is 0 Å². The van der Waals surface area contributed by atoms with E-state index in [0.717, 1.165) is 18.4 Å². The lowest BCUT2D eigenvalue weighted by molar-refractivity contribution is 0.0886. The highest BCUT2D eigenvalue weighted by Gasteiger charge is 2.28. The molecule has 2 rings (SSSR count). The average Bonchev–Trinajstić information content (AvgIpc) is 3.03. The maximum absolute atomic E-state index is 12.3. The van der Waals surface area contributed by atoms with E-state index in [9.17, 15) is 4.79 Å². The van der Waals surface area contributed by atoms with Crippen LogP contribution in [0.15, 0.2) is 34.9 Å². The normalized spacial score (nSPS) is 11.5. The maximum Gasteiger partial charge on any atom is 0.273 e. The molecule has 0 spiro atoms. The quantitative estimate of drug-likeness (QED) is 0.855. The summed E-state index contributed by atoms with van der Waals surface area (Å²) in [6.07, 6.45) is 1.51. The predicted octanol–water partition coefficient (Wildman–Crippen LogP) is 3.24. The summed E-state index contributed by atoms with van der Waals surface area (Å²) in [5, 5.41) is 7.39. The van der Waals surface area contributed by atoms with Gasteiger partial charge in [-0.25, -0.2) is 0 Å². The number of halogens is 1. The van der Waals surface area contributed by atoms with Crippen molar-refractivity contribution in [1.29, 1.82) is 0 Å². The van der Waals surface area contributed by atoms with Crippen LogP contribution in [0.4, 0.5) is 0 Å². The van der Waals surface area contributed by atoms with E-state index in [1.165, 1.54) is 0 Å². The molecule has 1 aromatic carbocycles. The molecule has 1 aromatic heterocycles. The topological polar surface area (TPSA) is 81.1 Å². The molecule has 118 valence electrons. The number of rotatable bonds is 6. The van der Waals surface area contributed by atoms with Crippen LogP contribution in [0.3, 0.4) is 0 Å². The number of hydrogen-bond acceptors (Lipinski definition) is 4. The molecule has 0 atom stereocenters. The first-order chi connectivity index (χ1) is 10.5. The third-order valence-corrected chi connectivity index (χ3v) is 4.21. The standard InChI is InChI=1S/C16H20ClN3O2/c1-3-16(4-2,10-18)19-15(21)13-9-14(22-20-13)11-6-5-7-12(17)8-11/h5-9H,3-4,10,18H2,1-2H3,(H,19,21). The van der Waals surface area contributed by atoms with Gasteiger partial charge in [0.25, 0.3) is 5.91 Å². The molecular formula is C16H20ClN3O2. The lowest BCUT2D eigenvalue weighted by atomic mass is 9.93. The molecule has 0 aliphatic rings. The number of benzene rings is 1. The van der Waals surface area contributed by atoms with Crippen LogP contribution in [-0.2, 0) is 0 Å². The Morgan fingerprint density at radius 3 is 2.68 bits per heavy atom. The first kappa shape index (κ1) is 16.5. The second-order valence-corrected chi connectivity index (χ2v) is 5.67. The van der Waals surface area contributed by atoms with Crippen molar-refractivity contribution >= 4 is 17.5 Å². The third-order valence-electron chi connectivity index (χ3n) is 3.97. The number of amides is 1. The lowest BCUT2D eigenvalue weighted by Crippen LogP contribution is -2.52. The van der Waals surface area contributed by atoms with Gasteiger partial charge in [-0.3, -0.25) is 4.79 Å². The predicted molar refractivity (Wildman–Crippen MR) is 86.8 cm³/mol. The van der Waals surface area contributed by atoms with Gasteiger partial charge in [-0.05, 0) is 25.0 Å². The maximum atomic E-state index is 12.3. The van der Waals surface area contributed by atoms with Gasteiger partial charge in [-0.1, -0.05) is 42.7 Å². The highest BCUT2D eigenvalue weighted by Crippen LogP contribution is 2.24. The molecular weight excluding hydrogens is 302 g/mol. The molecule has 0 radical (unpaired) electrons. The van der Waals surface area contributed by atoms with E-state index < -0.39 is 5.54 Å². The number of aromatic nitrogens is 1. The number of carbonyl (C=O) groups is 1. The largest absolute Gasteiger partial charge is 0.355 e. The van der Waals surface area contributed by atoms with E-state index in [4.69, 9.17) is 21.9 Å². The molecule has 1 heterocycles. The monoisotopic (exact) mass is 321 g/mol. The van der Waals surface area contributed by atoms with Crippen molar-refractivity contribution < 1.29 is 9.32 Å². The third kappa shape index (κ3) is 3.48. The summed E-state index contributed by atoms with van der Waals surface area (Å²) in [5.41, 5.74) is 6.39. The number of nitrogens with zero attached hydrogens (tertiary/aromatic N) is 1. The van der Waals surface area contributed by atoms with Crippen LogP contribution >= 0.6 is 11.6 Å². The molecule has 0 saturated heterocycles. The van der Waals surface area contributed by atoms with Crippen LogP contribution in [0, 0.1) is 0 Å². The van der Waals surface area contributed by atoms with Crippen molar-refractivity contribution in [3.63, 3.8) is 0 Å². The second-order valence-electron chi connectivity index (χ2n) is 5.23. The average molecular weight is 322 g/mol. The van der Waals surface area contributed by atoms with Crippen molar-refractivity contribution in [2.45, 2.75) is 32.2 Å². The minimum atomic E-state index is -0.410. The fourth-order valence-electron chi connectivity index (χ4n) is 2.23. The fourth-order valence-corrected chi connectivity index (χ4v) is 2.42. The van der Waals surface area contributed by atoms with Gasteiger partial charge >= 0.3 is 0 Å². The Morgan fingerprint density at radius 2 is 2.09 bits per heavy atom. The molecule has 6 heteroatoms. The summed E-state index contributed by atoms with van der Waals surface area (Å²) in [7, 11) is 0. The van der Waals surface area contributed by atoms with E-state index in [2.05, 4.69) is 10.5 Å². The first-order valence-corrected chi connectivity index (χ1v) is 7.66. The SMILES string of the molecule is CCC(CC)(CN)NC(=O)c1cc(-c2cccc(Cl)c2)on1. The van der Waals surface area contributed by atoms with Gasteiger partial charge in [0.15, 0.2) is 11.5 Å². The van der Waals surface area contributed by atoms with Gasteiger partial charge in [0, 0.05) is 23.2 Å². The Hall–Kier alpha value is -1.85. The smallest absolute Gasteiger partial charge is 0.273 e. The zero-order valence-electron chi connectivity index (χ0n) is 12.7. The van der Waals surface area contributed by atoms with E-state index >= 15 is 0 Å². The van der Waals surface area contributed by atoms with Crippen LogP contribution in [0.25, 0.3) is 11.3 Å². The van der Waals surface area contributed by atoms with Crippen molar-refractivity contribution in [3.05, 3.63) is 41.0 Å². The number of nitrogens with one attached hydrogen (secondary N) is 1. The minimum absolute atomic E-state index is 0.231. The summed E-state index contributed by atoms with van der Waals surface area (Å²) < 4.78 is 5.24. The summed E-state index contributed by atoms with van der Waals surface area (Å²) in [6, 6.07) is 8.79. The van der Waals surface area contributed by atoms with Gasteiger partial charge in [0.2, 0.25) is 0 Å². The zero-order chi connectivity index (χ0) is 16.2. The van der Waals surface area contributed by atoms with Crippen LogP contribution in [0.1, 0.15) is 37.2 Å². The number of carbonyl (C=O) groups excluding carboxylic acids is 1. The molecule has 22 heavy (non-hydrogen) atoms. The van der Waals surface area contributed by atoms with Crippen molar-refractivity contribution in [2.24, 2.45) is 5.73 Å². The van der Waals surface area contributed by atoms with Crippen LogP contribution < -0.4 is 11.1 Å². The first-order valence-electron chi connectivity index (χ1n) is 7.29. The van der Waals surface area contributed by atoms with E-state index in [0.29, 0.717) is 17.3 Å². The molecule has 0 unspecified atom stereocenters. The molecule has 1 amide bonds. The Labute approximate surface area is 134 Å². The van der Waals surface area contributed by atoms with Gasteiger partial charge < -0.3 is 15.6 Å². The number of hydrogen-bond donors (Lipinski definition) is 2. The Morgan fingerprint density at radius 1 is 1.36 bits per heavy atom. The van der Waals surface area contributed by atoms with E-state index in [1.54, 1.807) is 18.2 Å². The molecule has 0 fully saturated rings. The van der Waals surface area contributed by atoms with Crippen LogP contribution in [0.2, 0.25) is 5.02 Å². The van der Waals surface area contributed by atoms with E-state index in [1.807, 2.05) is 26.0 Å². The summed E-state index contributed by atoms with van der Waals surface area (Å²) in [6.45, 7) is 4.37. The fraction of sp³-hybridized carbons (Fsp3) is 0.375. The highest BCUT2D eigenvalue weighted by molar-refractivity contribution is 6.30. The molecule has 0 bridgehead atoms. The van der Waals surface area contributed by atoms with Crippen LogP contribution in [0.5, 0.6) is 0 Å². The minimum Gasteiger partial charge on any atom is -0.355 e. The molecule has 0 aliphatic carbocycles. The molecule has 3 N–H and O–H groups in total. The van der Waals surface area contributed by atoms with Crippen molar-refractivity contribution in [3.8, 4) is 11.3 Å². The van der Waals surface area contributed by atoms with Gasteiger partial charge in [0.05, 0.1) is 5.54 Å². The molecule has 5 nitrogen and oxygen atoms in total. The summed E-state index contributed by atoms with van der Waals surface area (Å²) in [4.78, 5) is 12.3. The summed E-state index contributed by atoms with van der Waals surface area (Å²) in [5.74, 6) is 0.213. The molecule has 0 saturated carbocycles. The van der Waals surface area contributed by atoms with Gasteiger partial charge in [-0.15, -0.1) is 0 Å². The number of nitrogens with two attached hydrogens (primary N) is 1. The van der Waals surface area contributed by atoms with E-state index in [-0.39, 0.29) is 11.6 Å². The van der Waals surface area contributed by atoms with Crippen LogP contribution in [-0.4, -0.2) is 23.1 Å². The lowest BCUT2D eigenvalue weighted by Gasteiger charge is -2.30. The summed E-state index contributed by atoms with van der Waals surface area (Å²) >= 11 is 5.95. The molecule has 2 aromatic rings. The van der Waals surface area contributed by atoms with Crippen molar-refractivity contribution in [1.82, 2.24) is 10.5 Å². The second kappa shape index (κ2) is 6.94. The zero-order valence-corrected chi connectivity index (χ0v) is 13.5. The Bertz CT molecular complexity index is 642. The molecule has 0 aliphatic heterocycles.